The van der Waals surface area contributed by atoms with E-state index in [2.05, 4.69) is 166 Å². The van der Waals surface area contributed by atoms with E-state index >= 15 is 0 Å². The number of hydrogen-bond donors (Lipinski definition) is 0. The van der Waals surface area contributed by atoms with Gasteiger partial charge in [-0.3, -0.25) is 0 Å². The molecule has 2 nitrogen and oxygen atoms in total. The highest BCUT2D eigenvalue weighted by atomic mass is 32.1. The second-order valence-corrected chi connectivity index (χ2v) is 18.3. The van der Waals surface area contributed by atoms with Gasteiger partial charge in [-0.05, 0) is 116 Å². The maximum Gasteiger partial charge on any atom is 0.160 e. The lowest BCUT2D eigenvalue weighted by atomic mass is 9.67. The Kier molecular flexibility index (Phi) is 7.41. The van der Waals surface area contributed by atoms with Crippen molar-refractivity contribution >= 4 is 31.6 Å². The monoisotopic (exact) mass is 762 g/mol. The maximum absolute atomic E-state index is 5.26. The third-order valence-corrected chi connectivity index (χ3v) is 14.9. The van der Waals surface area contributed by atoms with Crippen LogP contribution < -0.4 is 0 Å². The van der Waals surface area contributed by atoms with Crippen molar-refractivity contribution in [3.05, 3.63) is 180 Å². The third-order valence-electron chi connectivity index (χ3n) is 13.7. The Bertz CT molecular complexity index is 3130. The molecule has 1 saturated carbocycles. The Balaban J connectivity index is 0.953. The number of hydrogen-bond acceptors (Lipinski definition) is 3. The first kappa shape index (κ1) is 33.9. The molecule has 0 radical (unpaired) electrons. The van der Waals surface area contributed by atoms with Crippen molar-refractivity contribution < 1.29 is 0 Å². The van der Waals surface area contributed by atoms with E-state index in [-0.39, 0.29) is 10.8 Å². The van der Waals surface area contributed by atoms with Gasteiger partial charge in [-0.25, -0.2) is 9.97 Å². The summed E-state index contributed by atoms with van der Waals surface area (Å²) < 4.78 is 2.35. The van der Waals surface area contributed by atoms with Crippen molar-refractivity contribution in [3.8, 4) is 67.2 Å². The van der Waals surface area contributed by atoms with E-state index in [1.165, 1.54) is 97.8 Å². The molecule has 2 aromatic heterocycles. The van der Waals surface area contributed by atoms with Crippen molar-refractivity contribution in [2.75, 3.05) is 0 Å². The second-order valence-electron chi connectivity index (χ2n) is 17.2. The van der Waals surface area contributed by atoms with Crippen LogP contribution in [0.15, 0.2) is 158 Å². The van der Waals surface area contributed by atoms with Crippen LogP contribution in [-0.4, -0.2) is 9.97 Å². The molecule has 278 valence electrons. The van der Waals surface area contributed by atoms with Gasteiger partial charge in [0.2, 0.25) is 0 Å². The predicted octanol–water partition coefficient (Wildman–Crippen LogP) is 15.0. The van der Waals surface area contributed by atoms with Crippen LogP contribution in [0.25, 0.3) is 87.5 Å². The van der Waals surface area contributed by atoms with Gasteiger partial charge in [0, 0.05) is 32.0 Å². The first-order valence-electron chi connectivity index (χ1n) is 20.9. The fraction of sp³-hybridized carbons (Fsp3) is 0.164. The van der Waals surface area contributed by atoms with Crippen molar-refractivity contribution in [3.63, 3.8) is 0 Å². The molecule has 0 amide bonds. The molecule has 2 heterocycles. The quantitative estimate of drug-likeness (QED) is 0.178. The predicted molar refractivity (Wildman–Crippen MR) is 244 cm³/mol. The van der Waals surface area contributed by atoms with Crippen molar-refractivity contribution in [2.24, 2.45) is 0 Å². The number of rotatable bonds is 4. The van der Waals surface area contributed by atoms with Crippen LogP contribution in [0.2, 0.25) is 0 Å². The molecule has 0 aliphatic heterocycles. The van der Waals surface area contributed by atoms with Crippen molar-refractivity contribution in [1.29, 1.82) is 0 Å². The largest absolute Gasteiger partial charge is 0.226 e. The van der Waals surface area contributed by atoms with E-state index in [0.717, 1.165) is 32.9 Å². The topological polar surface area (TPSA) is 25.8 Å². The van der Waals surface area contributed by atoms with Crippen LogP contribution in [0.3, 0.4) is 0 Å². The molecule has 0 atom stereocenters. The molecule has 9 aromatic rings. The number of aromatic nitrogens is 2. The molecule has 3 aliphatic rings. The van der Waals surface area contributed by atoms with Crippen LogP contribution in [0.1, 0.15) is 68.2 Å². The number of thiophene rings is 1. The Morgan fingerprint density at radius 2 is 1.07 bits per heavy atom. The first-order valence-corrected chi connectivity index (χ1v) is 21.7. The number of nitrogens with zero attached hydrogens (tertiary/aromatic N) is 2. The molecule has 0 bridgehead atoms. The van der Waals surface area contributed by atoms with Gasteiger partial charge in [-0.15, -0.1) is 11.3 Å². The van der Waals surface area contributed by atoms with Gasteiger partial charge in [0.25, 0.3) is 0 Å². The summed E-state index contributed by atoms with van der Waals surface area (Å²) in [5.41, 5.74) is 20.8. The first-order chi connectivity index (χ1) is 28.5. The van der Waals surface area contributed by atoms with Crippen LogP contribution in [0.4, 0.5) is 0 Å². The van der Waals surface area contributed by atoms with E-state index in [0.29, 0.717) is 0 Å². The fourth-order valence-electron chi connectivity index (χ4n) is 10.8. The van der Waals surface area contributed by atoms with E-state index in [1.807, 2.05) is 6.07 Å². The lowest BCUT2D eigenvalue weighted by molar-refractivity contribution is 0.353. The Hall–Kier alpha value is -6.16. The maximum atomic E-state index is 5.26. The molecular formula is C55H42N2S. The second kappa shape index (κ2) is 12.7. The van der Waals surface area contributed by atoms with Crippen molar-refractivity contribution in [2.45, 2.75) is 56.8 Å². The summed E-state index contributed by atoms with van der Waals surface area (Å²) in [6.07, 6.45) is 6.46. The summed E-state index contributed by atoms with van der Waals surface area (Å²) in [5, 5.41) is 1.18. The average molecular weight is 763 g/mol. The normalized spacial score (nSPS) is 15.7. The van der Waals surface area contributed by atoms with E-state index in [4.69, 9.17) is 9.97 Å². The highest BCUT2D eigenvalue weighted by Crippen LogP contribution is 2.60. The molecule has 3 aliphatic carbocycles. The summed E-state index contributed by atoms with van der Waals surface area (Å²) in [4.78, 5) is 10.4. The van der Waals surface area contributed by atoms with Crippen LogP contribution in [0.5, 0.6) is 0 Å². The van der Waals surface area contributed by atoms with Crippen LogP contribution >= 0.6 is 11.3 Å². The molecule has 7 aromatic carbocycles. The minimum atomic E-state index is -0.0705. The van der Waals surface area contributed by atoms with Gasteiger partial charge in [-0.2, -0.15) is 0 Å². The smallest absolute Gasteiger partial charge is 0.160 e. The number of fused-ring (bicyclic) bond motifs is 11. The summed E-state index contributed by atoms with van der Waals surface area (Å²) >= 11 is 1.78. The zero-order chi connectivity index (χ0) is 38.6. The minimum Gasteiger partial charge on any atom is -0.226 e. The summed E-state index contributed by atoms with van der Waals surface area (Å²) in [6, 6.07) is 58.6. The summed E-state index contributed by atoms with van der Waals surface area (Å²) in [5.74, 6) is 0.754. The zero-order valence-electron chi connectivity index (χ0n) is 32.8. The van der Waals surface area contributed by atoms with Gasteiger partial charge in [-0.1, -0.05) is 154 Å². The molecule has 0 unspecified atom stereocenters. The van der Waals surface area contributed by atoms with Gasteiger partial charge in [0.05, 0.1) is 15.9 Å². The molecule has 0 saturated heterocycles. The summed E-state index contributed by atoms with van der Waals surface area (Å²) in [7, 11) is 0. The molecule has 3 heteroatoms. The molecular weight excluding hydrogens is 721 g/mol. The molecule has 0 N–H and O–H groups in total. The van der Waals surface area contributed by atoms with Gasteiger partial charge >= 0.3 is 0 Å². The average Bonchev–Trinajstić information content (AvgIpc) is 3.86. The molecule has 12 rings (SSSR count). The Morgan fingerprint density at radius 3 is 1.88 bits per heavy atom. The minimum absolute atomic E-state index is 0.0705. The van der Waals surface area contributed by atoms with Gasteiger partial charge in [0.1, 0.15) is 0 Å². The SMILES string of the molecule is CC1(C)c2ccc(-c3cccc(-c4cccc(-c5nc(-c6ccccc6)nc6c5sc5ccccc56)c4)c3)cc2-c2cc3c(cc21)-c1ccccc1C31CCCCC1. The summed E-state index contributed by atoms with van der Waals surface area (Å²) in [6.45, 7) is 4.84. The van der Waals surface area contributed by atoms with E-state index < -0.39 is 0 Å². The lowest BCUT2D eigenvalue weighted by Gasteiger charge is -2.36. The van der Waals surface area contributed by atoms with E-state index in [1.54, 1.807) is 22.5 Å². The highest BCUT2D eigenvalue weighted by Gasteiger charge is 2.46. The van der Waals surface area contributed by atoms with Gasteiger partial charge < -0.3 is 0 Å². The molecule has 1 spiro atoms. The molecule has 1 fully saturated rings. The third kappa shape index (κ3) is 4.96. The Morgan fingerprint density at radius 1 is 0.448 bits per heavy atom. The van der Waals surface area contributed by atoms with Crippen molar-refractivity contribution in [1.82, 2.24) is 9.97 Å². The van der Waals surface area contributed by atoms with E-state index in [9.17, 15) is 0 Å². The van der Waals surface area contributed by atoms with Crippen LogP contribution in [0, 0.1) is 0 Å². The highest BCUT2D eigenvalue weighted by molar-refractivity contribution is 7.26. The standard InChI is InChI=1S/C55H42N2S/c1-54(2)45-26-25-38(31-42(45)44-33-48-43(32-47(44)54)40-21-7-9-23-46(40)55(48)27-11-4-12-28-55)36-18-13-17-35(29-36)37-19-14-20-39(30-37)50-52-51(41-22-8-10-24-49(41)58-52)57-53(56-50)34-15-5-3-6-16-34/h3,5-10,13-26,29-33H,4,11-12,27-28H2,1-2H3. The van der Waals surface area contributed by atoms with Gasteiger partial charge in [0.15, 0.2) is 5.82 Å². The van der Waals surface area contributed by atoms with Crippen LogP contribution in [-0.2, 0) is 10.8 Å². The zero-order valence-corrected chi connectivity index (χ0v) is 33.7. The lowest BCUT2D eigenvalue weighted by Crippen LogP contribution is -2.28. The molecule has 58 heavy (non-hydrogen) atoms. The Labute approximate surface area is 343 Å². The fourth-order valence-corrected chi connectivity index (χ4v) is 12.0. The number of benzene rings is 7.